The van der Waals surface area contributed by atoms with Crippen molar-refractivity contribution in [3.8, 4) is 0 Å². The van der Waals surface area contributed by atoms with Gasteiger partial charge in [-0.05, 0) is 32.6 Å². The zero-order valence-electron chi connectivity index (χ0n) is 15.1. The fourth-order valence-corrected chi connectivity index (χ4v) is 3.27. The number of aliphatic imine (C=N–C) groups is 1. The number of guanidine groups is 1. The number of hydrogen-bond acceptors (Lipinski definition) is 4. The predicted molar refractivity (Wildman–Crippen MR) is 111 cm³/mol. The zero-order chi connectivity index (χ0) is 17.0. The smallest absolute Gasteiger partial charge is 0.191 e. The first kappa shape index (κ1) is 23.9. The van der Waals surface area contributed by atoms with Crippen LogP contribution in [-0.2, 0) is 14.6 Å². The van der Waals surface area contributed by atoms with E-state index < -0.39 is 9.84 Å². The fraction of sp³-hybridized carbons (Fsp3) is 0.938. The summed E-state index contributed by atoms with van der Waals surface area (Å²) in [6.45, 7) is 4.91. The van der Waals surface area contributed by atoms with Crippen molar-refractivity contribution in [1.29, 1.82) is 0 Å². The van der Waals surface area contributed by atoms with Gasteiger partial charge in [-0.1, -0.05) is 19.3 Å². The number of rotatable bonds is 10. The van der Waals surface area contributed by atoms with Crippen LogP contribution in [0.15, 0.2) is 4.99 Å². The lowest BCUT2D eigenvalue weighted by molar-refractivity contribution is 0.0277. The Kier molecular flexibility index (Phi) is 14.1. The van der Waals surface area contributed by atoms with Crippen LogP contribution in [0.25, 0.3) is 0 Å². The van der Waals surface area contributed by atoms with Crippen LogP contribution in [0.2, 0.25) is 0 Å². The minimum atomic E-state index is -2.90. The van der Waals surface area contributed by atoms with E-state index in [1.165, 1.54) is 38.4 Å². The van der Waals surface area contributed by atoms with Gasteiger partial charge in [-0.25, -0.2) is 8.42 Å². The SMILES string of the molecule is CCNC(=NCCCS(C)(=O)=O)NCCCOC1CCCCC1.I. The van der Waals surface area contributed by atoms with E-state index in [0.29, 0.717) is 19.1 Å². The molecule has 1 fully saturated rings. The molecule has 0 aromatic carbocycles. The molecule has 0 spiro atoms. The standard InChI is InChI=1S/C16H33N3O3S.HI/c1-3-17-16(19-12-8-14-23(2,20)21)18-11-7-13-22-15-9-5-4-6-10-15;/h15H,3-14H2,1-2H3,(H2,17,18,19);1H. The van der Waals surface area contributed by atoms with Crippen molar-refractivity contribution < 1.29 is 13.2 Å². The van der Waals surface area contributed by atoms with Crippen molar-refractivity contribution in [2.45, 2.75) is 58.0 Å². The van der Waals surface area contributed by atoms with Gasteiger partial charge in [-0.15, -0.1) is 24.0 Å². The van der Waals surface area contributed by atoms with E-state index in [0.717, 1.165) is 32.1 Å². The third-order valence-electron chi connectivity index (χ3n) is 3.81. The first-order valence-corrected chi connectivity index (χ1v) is 10.9. The van der Waals surface area contributed by atoms with Gasteiger partial charge in [0.1, 0.15) is 9.84 Å². The number of halogens is 1. The molecule has 1 aliphatic rings. The molecule has 0 radical (unpaired) electrons. The lowest BCUT2D eigenvalue weighted by Crippen LogP contribution is -2.38. The molecule has 1 rings (SSSR count). The number of ether oxygens (including phenoxy) is 1. The Morgan fingerprint density at radius 2 is 1.88 bits per heavy atom. The third-order valence-corrected chi connectivity index (χ3v) is 4.84. The van der Waals surface area contributed by atoms with Gasteiger partial charge in [0, 0.05) is 32.5 Å². The van der Waals surface area contributed by atoms with Gasteiger partial charge in [-0.3, -0.25) is 4.99 Å². The molecule has 0 unspecified atom stereocenters. The summed E-state index contributed by atoms with van der Waals surface area (Å²) in [5.41, 5.74) is 0. The second kappa shape index (κ2) is 14.1. The molecule has 24 heavy (non-hydrogen) atoms. The minimum Gasteiger partial charge on any atom is -0.378 e. The lowest BCUT2D eigenvalue weighted by atomic mass is 9.98. The van der Waals surface area contributed by atoms with E-state index in [1.54, 1.807) is 0 Å². The normalized spacial score (nSPS) is 16.5. The summed E-state index contributed by atoms with van der Waals surface area (Å²) in [4.78, 5) is 4.39. The van der Waals surface area contributed by atoms with Crippen LogP contribution in [0.1, 0.15) is 51.9 Å². The van der Waals surface area contributed by atoms with Gasteiger partial charge in [0.05, 0.1) is 11.9 Å². The molecule has 6 nitrogen and oxygen atoms in total. The maximum atomic E-state index is 11.1. The Labute approximate surface area is 164 Å². The Bertz CT molecular complexity index is 438. The maximum absolute atomic E-state index is 11.1. The van der Waals surface area contributed by atoms with E-state index in [-0.39, 0.29) is 29.7 Å². The molecule has 0 saturated heterocycles. The van der Waals surface area contributed by atoms with Gasteiger partial charge in [-0.2, -0.15) is 0 Å². The predicted octanol–water partition coefficient (Wildman–Crippen LogP) is 2.33. The fourth-order valence-electron chi connectivity index (χ4n) is 2.62. The number of hydrogen-bond donors (Lipinski definition) is 2. The van der Waals surface area contributed by atoms with Crippen molar-refractivity contribution in [2.75, 3.05) is 38.2 Å². The van der Waals surface area contributed by atoms with Crippen LogP contribution < -0.4 is 10.6 Å². The molecule has 1 saturated carbocycles. The summed E-state index contributed by atoms with van der Waals surface area (Å²) in [6.07, 6.45) is 9.58. The zero-order valence-corrected chi connectivity index (χ0v) is 18.2. The number of sulfone groups is 1. The molecule has 0 aliphatic heterocycles. The molecule has 0 heterocycles. The molecular weight excluding hydrogens is 441 g/mol. The van der Waals surface area contributed by atoms with Crippen molar-refractivity contribution in [2.24, 2.45) is 4.99 Å². The van der Waals surface area contributed by atoms with Gasteiger partial charge >= 0.3 is 0 Å². The largest absolute Gasteiger partial charge is 0.378 e. The Morgan fingerprint density at radius 1 is 1.17 bits per heavy atom. The van der Waals surface area contributed by atoms with Crippen molar-refractivity contribution in [3.63, 3.8) is 0 Å². The first-order chi connectivity index (χ1) is 11.0. The second-order valence-electron chi connectivity index (χ2n) is 6.16. The van der Waals surface area contributed by atoms with Crippen LogP contribution >= 0.6 is 24.0 Å². The minimum absolute atomic E-state index is 0. The highest BCUT2D eigenvalue weighted by molar-refractivity contribution is 14.0. The Balaban J connectivity index is 0.00000529. The number of nitrogens with zero attached hydrogens (tertiary/aromatic N) is 1. The quantitative estimate of drug-likeness (QED) is 0.220. The molecule has 0 bridgehead atoms. The summed E-state index contributed by atoms with van der Waals surface area (Å²) >= 11 is 0. The van der Waals surface area contributed by atoms with Crippen molar-refractivity contribution in [3.05, 3.63) is 0 Å². The molecule has 8 heteroatoms. The second-order valence-corrected chi connectivity index (χ2v) is 8.41. The summed E-state index contributed by atoms with van der Waals surface area (Å²) in [5, 5.41) is 6.43. The number of nitrogens with one attached hydrogen (secondary N) is 2. The van der Waals surface area contributed by atoms with Crippen LogP contribution in [0.3, 0.4) is 0 Å². The highest BCUT2D eigenvalue weighted by Gasteiger charge is 2.12. The summed E-state index contributed by atoms with van der Waals surface area (Å²) in [5.74, 6) is 0.934. The van der Waals surface area contributed by atoms with Crippen molar-refractivity contribution >= 4 is 39.8 Å². The molecule has 0 aromatic rings. The van der Waals surface area contributed by atoms with Crippen LogP contribution in [0.5, 0.6) is 0 Å². The van der Waals surface area contributed by atoms with E-state index in [4.69, 9.17) is 4.74 Å². The van der Waals surface area contributed by atoms with Crippen LogP contribution in [0.4, 0.5) is 0 Å². The lowest BCUT2D eigenvalue weighted by Gasteiger charge is -2.22. The van der Waals surface area contributed by atoms with E-state index in [1.807, 2.05) is 6.92 Å². The van der Waals surface area contributed by atoms with Gasteiger partial charge in [0.15, 0.2) is 5.96 Å². The summed E-state index contributed by atoms with van der Waals surface area (Å²) in [7, 11) is -2.90. The summed E-state index contributed by atoms with van der Waals surface area (Å²) in [6, 6.07) is 0. The van der Waals surface area contributed by atoms with Gasteiger partial charge < -0.3 is 15.4 Å². The molecule has 0 amide bonds. The monoisotopic (exact) mass is 475 g/mol. The molecule has 2 N–H and O–H groups in total. The Morgan fingerprint density at radius 3 is 2.50 bits per heavy atom. The van der Waals surface area contributed by atoms with E-state index >= 15 is 0 Å². The topological polar surface area (TPSA) is 79.8 Å². The average molecular weight is 475 g/mol. The molecule has 144 valence electrons. The highest BCUT2D eigenvalue weighted by Crippen LogP contribution is 2.20. The van der Waals surface area contributed by atoms with Gasteiger partial charge in [0.2, 0.25) is 0 Å². The van der Waals surface area contributed by atoms with E-state index in [9.17, 15) is 8.42 Å². The van der Waals surface area contributed by atoms with E-state index in [2.05, 4.69) is 15.6 Å². The molecule has 0 atom stereocenters. The highest BCUT2D eigenvalue weighted by atomic mass is 127. The third kappa shape index (κ3) is 13.2. The molecular formula is C16H34IN3O3S. The van der Waals surface area contributed by atoms with Gasteiger partial charge in [0.25, 0.3) is 0 Å². The molecule has 0 aromatic heterocycles. The van der Waals surface area contributed by atoms with Crippen molar-refractivity contribution in [1.82, 2.24) is 10.6 Å². The summed E-state index contributed by atoms with van der Waals surface area (Å²) < 4.78 is 28.1. The van der Waals surface area contributed by atoms with Crippen LogP contribution in [-0.4, -0.2) is 58.7 Å². The maximum Gasteiger partial charge on any atom is 0.191 e. The first-order valence-electron chi connectivity index (χ1n) is 8.83. The Hall–Kier alpha value is -0.0900. The average Bonchev–Trinajstić information content (AvgIpc) is 2.51. The van der Waals surface area contributed by atoms with Crippen LogP contribution in [0, 0.1) is 0 Å². The molecule has 1 aliphatic carbocycles.